The number of hydrogen-bond acceptors (Lipinski definition) is 4. The van der Waals surface area contributed by atoms with Gasteiger partial charge in [-0.25, -0.2) is 4.99 Å². The molecule has 0 spiro atoms. The van der Waals surface area contributed by atoms with Crippen LogP contribution in [0.5, 0.6) is 0 Å². The summed E-state index contributed by atoms with van der Waals surface area (Å²) in [5.74, 6) is 0.255. The van der Waals surface area contributed by atoms with E-state index in [1.54, 1.807) is 12.3 Å². The average molecular weight is 195 g/mol. The second-order valence-electron chi connectivity index (χ2n) is 3.12. The zero-order valence-electron chi connectivity index (χ0n) is 8.64. The number of aliphatic imine (C=N–C) groups is 1. The molecule has 0 fully saturated rings. The van der Waals surface area contributed by atoms with Crippen LogP contribution >= 0.6 is 0 Å². The lowest BCUT2D eigenvalue weighted by atomic mass is 10.1. The van der Waals surface area contributed by atoms with Crippen molar-refractivity contribution >= 4 is 5.84 Å². The summed E-state index contributed by atoms with van der Waals surface area (Å²) in [6.45, 7) is 5.96. The molecule has 14 heavy (non-hydrogen) atoms. The zero-order valence-corrected chi connectivity index (χ0v) is 8.64. The van der Waals surface area contributed by atoms with Crippen molar-refractivity contribution in [3.63, 3.8) is 0 Å². The van der Waals surface area contributed by atoms with Crippen LogP contribution in [0.1, 0.15) is 13.8 Å². The van der Waals surface area contributed by atoms with E-state index in [1.807, 2.05) is 6.20 Å². The first-order chi connectivity index (χ1) is 6.69. The standard InChI is InChI=1S/C10H17N3O/c1-3-13(4-2)7-8-5-6-12-10(11)9(8)14/h5-7,9,14H,3-4H2,1-2H3,(H2,11,12). The van der Waals surface area contributed by atoms with Crippen LogP contribution in [0, 0.1) is 0 Å². The lowest BCUT2D eigenvalue weighted by molar-refractivity contribution is 0.273. The first-order valence-electron chi connectivity index (χ1n) is 4.82. The van der Waals surface area contributed by atoms with Crippen molar-refractivity contribution in [2.45, 2.75) is 20.0 Å². The summed E-state index contributed by atoms with van der Waals surface area (Å²) in [6, 6.07) is 0. The Morgan fingerprint density at radius 2 is 2.21 bits per heavy atom. The molecule has 4 heteroatoms. The minimum atomic E-state index is -0.763. The molecule has 78 valence electrons. The van der Waals surface area contributed by atoms with E-state index in [1.165, 1.54) is 0 Å². The molecule has 1 unspecified atom stereocenters. The van der Waals surface area contributed by atoms with E-state index in [2.05, 4.69) is 23.7 Å². The van der Waals surface area contributed by atoms with Crippen LogP contribution in [0.4, 0.5) is 0 Å². The van der Waals surface area contributed by atoms with Gasteiger partial charge in [-0.15, -0.1) is 0 Å². The van der Waals surface area contributed by atoms with Crippen LogP contribution in [0.15, 0.2) is 29.0 Å². The minimum absolute atomic E-state index is 0.255. The summed E-state index contributed by atoms with van der Waals surface area (Å²) in [6.07, 6.45) is 4.54. The SMILES string of the molecule is CCN(C=C1C=CN=C(N)C1O)CC. The molecule has 0 saturated heterocycles. The number of amidine groups is 1. The Bertz CT molecular complexity index is 277. The molecule has 1 aliphatic heterocycles. The summed E-state index contributed by atoms with van der Waals surface area (Å²) >= 11 is 0. The lowest BCUT2D eigenvalue weighted by Gasteiger charge is -2.20. The van der Waals surface area contributed by atoms with Gasteiger partial charge in [0.05, 0.1) is 0 Å². The van der Waals surface area contributed by atoms with Crippen LogP contribution in [-0.2, 0) is 0 Å². The zero-order chi connectivity index (χ0) is 10.6. The number of nitrogens with zero attached hydrogens (tertiary/aromatic N) is 2. The van der Waals surface area contributed by atoms with E-state index in [9.17, 15) is 5.11 Å². The Hall–Kier alpha value is -1.29. The molecule has 1 aliphatic rings. The number of aliphatic hydroxyl groups is 1. The van der Waals surface area contributed by atoms with Crippen molar-refractivity contribution in [2.24, 2.45) is 10.7 Å². The molecule has 1 heterocycles. The second-order valence-corrected chi connectivity index (χ2v) is 3.12. The Morgan fingerprint density at radius 1 is 1.57 bits per heavy atom. The minimum Gasteiger partial charge on any atom is -0.385 e. The third kappa shape index (κ3) is 2.35. The topological polar surface area (TPSA) is 61.8 Å². The monoisotopic (exact) mass is 195 g/mol. The second kappa shape index (κ2) is 4.81. The molecule has 1 rings (SSSR count). The van der Waals surface area contributed by atoms with Gasteiger partial charge in [-0.2, -0.15) is 0 Å². The summed E-state index contributed by atoms with van der Waals surface area (Å²) in [5, 5.41) is 9.68. The molecule has 0 radical (unpaired) electrons. The molecule has 0 aliphatic carbocycles. The van der Waals surface area contributed by atoms with Gasteiger partial charge in [0, 0.05) is 31.1 Å². The molecule has 0 aromatic carbocycles. The largest absolute Gasteiger partial charge is 0.385 e. The van der Waals surface area contributed by atoms with Gasteiger partial charge >= 0.3 is 0 Å². The van der Waals surface area contributed by atoms with Crippen LogP contribution in [0.2, 0.25) is 0 Å². The highest BCUT2D eigenvalue weighted by Crippen LogP contribution is 2.11. The average Bonchev–Trinajstić information content (AvgIpc) is 2.20. The molecule has 0 bridgehead atoms. The van der Waals surface area contributed by atoms with Crippen molar-refractivity contribution in [1.29, 1.82) is 0 Å². The van der Waals surface area contributed by atoms with Gasteiger partial charge < -0.3 is 15.7 Å². The molecule has 4 nitrogen and oxygen atoms in total. The molecular formula is C10H17N3O. The van der Waals surface area contributed by atoms with E-state index >= 15 is 0 Å². The first-order valence-corrected chi connectivity index (χ1v) is 4.82. The predicted molar refractivity (Wildman–Crippen MR) is 57.8 cm³/mol. The molecular weight excluding hydrogens is 178 g/mol. The van der Waals surface area contributed by atoms with Crippen molar-refractivity contribution in [2.75, 3.05) is 13.1 Å². The Labute approximate surface area is 84.4 Å². The van der Waals surface area contributed by atoms with Gasteiger partial charge in [-0.05, 0) is 19.9 Å². The van der Waals surface area contributed by atoms with Gasteiger partial charge in [0.25, 0.3) is 0 Å². The number of aliphatic hydroxyl groups excluding tert-OH is 1. The maximum atomic E-state index is 9.68. The fourth-order valence-electron chi connectivity index (χ4n) is 1.27. The Morgan fingerprint density at radius 3 is 2.79 bits per heavy atom. The van der Waals surface area contributed by atoms with Crippen molar-refractivity contribution in [3.05, 3.63) is 24.0 Å². The van der Waals surface area contributed by atoms with Crippen molar-refractivity contribution < 1.29 is 5.11 Å². The summed E-state index contributed by atoms with van der Waals surface area (Å²) in [5.41, 5.74) is 6.31. The van der Waals surface area contributed by atoms with Crippen LogP contribution in [-0.4, -0.2) is 35.0 Å². The molecule has 1 atom stereocenters. The number of nitrogens with two attached hydrogens (primary N) is 1. The highest BCUT2D eigenvalue weighted by molar-refractivity contribution is 5.89. The van der Waals surface area contributed by atoms with E-state index in [0.717, 1.165) is 18.7 Å². The van der Waals surface area contributed by atoms with Gasteiger partial charge in [0.1, 0.15) is 11.9 Å². The third-order valence-corrected chi connectivity index (χ3v) is 2.23. The normalized spacial score (nSPS) is 23.8. The maximum Gasteiger partial charge on any atom is 0.137 e. The van der Waals surface area contributed by atoms with E-state index in [0.29, 0.717) is 0 Å². The lowest BCUT2D eigenvalue weighted by Crippen LogP contribution is -2.32. The van der Waals surface area contributed by atoms with Gasteiger partial charge in [-0.1, -0.05) is 0 Å². The van der Waals surface area contributed by atoms with Crippen LogP contribution in [0.25, 0.3) is 0 Å². The summed E-state index contributed by atoms with van der Waals surface area (Å²) < 4.78 is 0. The van der Waals surface area contributed by atoms with E-state index < -0.39 is 6.10 Å². The highest BCUT2D eigenvalue weighted by Gasteiger charge is 2.16. The maximum absolute atomic E-state index is 9.68. The van der Waals surface area contributed by atoms with Crippen LogP contribution < -0.4 is 5.73 Å². The fraction of sp³-hybridized carbons (Fsp3) is 0.500. The Balaban J connectivity index is 2.78. The molecule has 3 N–H and O–H groups in total. The van der Waals surface area contributed by atoms with Crippen LogP contribution in [0.3, 0.4) is 0 Å². The fourth-order valence-corrected chi connectivity index (χ4v) is 1.27. The smallest absolute Gasteiger partial charge is 0.137 e. The summed E-state index contributed by atoms with van der Waals surface area (Å²) in [7, 11) is 0. The molecule has 0 amide bonds. The molecule has 0 saturated carbocycles. The highest BCUT2D eigenvalue weighted by atomic mass is 16.3. The van der Waals surface area contributed by atoms with Gasteiger partial charge in [0.2, 0.25) is 0 Å². The van der Waals surface area contributed by atoms with E-state index in [4.69, 9.17) is 5.73 Å². The summed E-state index contributed by atoms with van der Waals surface area (Å²) in [4.78, 5) is 5.92. The van der Waals surface area contributed by atoms with Gasteiger partial charge in [0.15, 0.2) is 0 Å². The first kappa shape index (κ1) is 10.8. The van der Waals surface area contributed by atoms with E-state index in [-0.39, 0.29) is 5.84 Å². The quantitative estimate of drug-likeness (QED) is 0.687. The number of rotatable bonds is 3. The van der Waals surface area contributed by atoms with Crippen molar-refractivity contribution in [1.82, 2.24) is 4.90 Å². The molecule has 0 aromatic rings. The Kier molecular flexibility index (Phi) is 3.71. The third-order valence-electron chi connectivity index (χ3n) is 2.23. The molecule has 0 aromatic heterocycles. The number of hydrogen-bond donors (Lipinski definition) is 2. The van der Waals surface area contributed by atoms with Crippen molar-refractivity contribution in [3.8, 4) is 0 Å². The predicted octanol–water partition coefficient (Wildman–Crippen LogP) is 0.457. The van der Waals surface area contributed by atoms with Gasteiger partial charge in [-0.3, -0.25) is 0 Å².